The van der Waals surface area contributed by atoms with Crippen molar-refractivity contribution in [3.63, 3.8) is 0 Å². The van der Waals surface area contributed by atoms with E-state index in [0.29, 0.717) is 12.8 Å². The van der Waals surface area contributed by atoms with Gasteiger partial charge in [-0.15, -0.1) is 0 Å². The summed E-state index contributed by atoms with van der Waals surface area (Å²) in [7, 11) is 0. The zero-order valence-corrected chi connectivity index (χ0v) is 11.6. The van der Waals surface area contributed by atoms with Crippen molar-refractivity contribution < 1.29 is 9.59 Å². The Hall–Kier alpha value is -2.17. The molecule has 2 heterocycles. The number of hydrogen-bond acceptors (Lipinski definition) is 3. The van der Waals surface area contributed by atoms with E-state index in [4.69, 9.17) is 0 Å². The highest BCUT2D eigenvalue weighted by Gasteiger charge is 2.31. The molecule has 3 rings (SSSR count). The molecule has 104 valence electrons. The van der Waals surface area contributed by atoms with E-state index in [2.05, 4.69) is 24.3 Å². The quantitative estimate of drug-likeness (QED) is 0.851. The fourth-order valence-electron chi connectivity index (χ4n) is 2.72. The molecule has 1 N–H and O–H groups in total. The molecule has 0 bridgehead atoms. The molecule has 5 nitrogen and oxygen atoms in total. The number of amides is 2. The normalized spacial score (nSPS) is 19.6. The summed E-state index contributed by atoms with van der Waals surface area (Å²) in [5.41, 5.74) is 1.81. The fourth-order valence-corrected chi connectivity index (χ4v) is 2.72. The molecule has 1 aliphatic rings. The largest absolute Gasteiger partial charge is 0.296 e. The number of carbonyl (C=O) groups excluding carboxylic acids is 2. The molecular formula is C15H17N3O2. The molecule has 2 amide bonds. The van der Waals surface area contributed by atoms with E-state index < -0.39 is 0 Å². The minimum absolute atomic E-state index is 0.196. The summed E-state index contributed by atoms with van der Waals surface area (Å²) in [5.74, 6) is -0.767. The van der Waals surface area contributed by atoms with Crippen molar-refractivity contribution in [1.82, 2.24) is 15.1 Å². The Morgan fingerprint density at radius 3 is 2.75 bits per heavy atom. The van der Waals surface area contributed by atoms with E-state index in [1.54, 1.807) is 0 Å². The number of rotatable bonds is 2. The number of aromatic nitrogens is 2. The highest BCUT2D eigenvalue weighted by molar-refractivity contribution is 6.02. The average Bonchev–Trinajstić information content (AvgIpc) is 2.78. The third-order valence-corrected chi connectivity index (χ3v) is 3.70. The van der Waals surface area contributed by atoms with Crippen molar-refractivity contribution in [3.05, 3.63) is 30.0 Å². The smallest absolute Gasteiger partial charge is 0.235 e. The van der Waals surface area contributed by atoms with Crippen molar-refractivity contribution in [2.24, 2.45) is 0 Å². The number of benzene rings is 1. The van der Waals surface area contributed by atoms with Crippen molar-refractivity contribution in [1.29, 1.82) is 0 Å². The number of piperidine rings is 1. The SMILES string of the molecule is CC(C)n1nc(C2CCC(=O)NC2=O)c2ccccc21. The molecule has 2 aromatic rings. The van der Waals surface area contributed by atoms with E-state index in [1.165, 1.54) is 0 Å². The van der Waals surface area contributed by atoms with Gasteiger partial charge in [0, 0.05) is 17.8 Å². The van der Waals surface area contributed by atoms with Crippen LogP contribution in [0.2, 0.25) is 0 Å². The molecule has 1 aromatic heterocycles. The van der Waals surface area contributed by atoms with E-state index in [9.17, 15) is 9.59 Å². The molecule has 1 aromatic carbocycles. The van der Waals surface area contributed by atoms with Gasteiger partial charge in [-0.2, -0.15) is 5.10 Å². The Bertz CT molecular complexity index is 687. The molecule has 20 heavy (non-hydrogen) atoms. The molecule has 5 heteroatoms. The number of imide groups is 1. The van der Waals surface area contributed by atoms with Gasteiger partial charge in [-0.3, -0.25) is 19.6 Å². The van der Waals surface area contributed by atoms with Gasteiger partial charge in [0.05, 0.1) is 17.1 Å². The van der Waals surface area contributed by atoms with Crippen LogP contribution in [0, 0.1) is 0 Å². The molecule has 0 radical (unpaired) electrons. The first kappa shape index (κ1) is 12.8. The zero-order chi connectivity index (χ0) is 14.3. The van der Waals surface area contributed by atoms with Crippen LogP contribution in [0.3, 0.4) is 0 Å². The first-order valence-electron chi connectivity index (χ1n) is 6.88. The predicted octanol–water partition coefficient (Wildman–Crippen LogP) is 2.14. The molecule has 0 spiro atoms. The van der Waals surface area contributed by atoms with Crippen molar-refractivity contribution in [3.8, 4) is 0 Å². The van der Waals surface area contributed by atoms with Crippen LogP contribution in [0.25, 0.3) is 10.9 Å². The first-order valence-corrected chi connectivity index (χ1v) is 6.88. The second kappa shape index (κ2) is 4.74. The van der Waals surface area contributed by atoms with Gasteiger partial charge in [0.15, 0.2) is 0 Å². The maximum absolute atomic E-state index is 12.0. The second-order valence-electron chi connectivity index (χ2n) is 5.44. The molecule has 0 aliphatic carbocycles. The monoisotopic (exact) mass is 271 g/mol. The van der Waals surface area contributed by atoms with Crippen LogP contribution in [0.5, 0.6) is 0 Å². The Kier molecular flexibility index (Phi) is 3.04. The molecular weight excluding hydrogens is 254 g/mol. The summed E-state index contributed by atoms with van der Waals surface area (Å²) >= 11 is 0. The van der Waals surface area contributed by atoms with Crippen molar-refractivity contribution >= 4 is 22.7 Å². The lowest BCUT2D eigenvalue weighted by atomic mass is 9.93. The topological polar surface area (TPSA) is 64.0 Å². The van der Waals surface area contributed by atoms with E-state index in [1.807, 2.05) is 28.9 Å². The van der Waals surface area contributed by atoms with Gasteiger partial charge in [-0.1, -0.05) is 18.2 Å². The summed E-state index contributed by atoms with van der Waals surface area (Å²) < 4.78 is 1.94. The van der Waals surface area contributed by atoms with Crippen molar-refractivity contribution in [2.45, 2.75) is 38.6 Å². The molecule has 0 saturated carbocycles. The van der Waals surface area contributed by atoms with E-state index >= 15 is 0 Å². The van der Waals surface area contributed by atoms with Crippen LogP contribution in [-0.4, -0.2) is 21.6 Å². The van der Waals surface area contributed by atoms with Gasteiger partial charge in [-0.05, 0) is 26.3 Å². The molecule has 1 saturated heterocycles. The van der Waals surface area contributed by atoms with Crippen LogP contribution < -0.4 is 5.32 Å². The number of fused-ring (bicyclic) bond motifs is 1. The first-order chi connectivity index (χ1) is 9.58. The number of hydrogen-bond donors (Lipinski definition) is 1. The average molecular weight is 271 g/mol. The third-order valence-electron chi connectivity index (χ3n) is 3.70. The Labute approximate surface area is 117 Å². The van der Waals surface area contributed by atoms with Gasteiger partial charge in [0.2, 0.25) is 11.8 Å². The van der Waals surface area contributed by atoms with Crippen LogP contribution in [-0.2, 0) is 9.59 Å². The van der Waals surface area contributed by atoms with Gasteiger partial charge in [0.25, 0.3) is 0 Å². The summed E-state index contributed by atoms with van der Waals surface area (Å²) in [6.07, 6.45) is 0.906. The maximum Gasteiger partial charge on any atom is 0.235 e. The number of para-hydroxylation sites is 1. The highest BCUT2D eigenvalue weighted by Crippen LogP contribution is 2.31. The summed E-state index contributed by atoms with van der Waals surface area (Å²) in [5, 5.41) is 8.03. The van der Waals surface area contributed by atoms with Gasteiger partial charge < -0.3 is 0 Å². The van der Waals surface area contributed by atoms with Gasteiger partial charge in [0.1, 0.15) is 0 Å². The third kappa shape index (κ3) is 1.99. The standard InChI is InChI=1S/C15H17N3O2/c1-9(2)18-12-6-4-3-5-10(12)14(17-18)11-7-8-13(19)16-15(11)20/h3-6,9,11H,7-8H2,1-2H3,(H,16,19,20). The molecule has 1 unspecified atom stereocenters. The zero-order valence-electron chi connectivity index (χ0n) is 11.6. The second-order valence-corrected chi connectivity index (χ2v) is 5.44. The summed E-state index contributed by atoms with van der Waals surface area (Å²) in [6, 6.07) is 8.14. The Balaban J connectivity index is 2.12. The van der Waals surface area contributed by atoms with Crippen LogP contribution in [0.15, 0.2) is 24.3 Å². The molecule has 1 fully saturated rings. The molecule has 1 aliphatic heterocycles. The van der Waals surface area contributed by atoms with Gasteiger partial charge >= 0.3 is 0 Å². The number of nitrogens with zero attached hydrogens (tertiary/aromatic N) is 2. The number of nitrogens with one attached hydrogen (secondary N) is 1. The highest BCUT2D eigenvalue weighted by atomic mass is 16.2. The maximum atomic E-state index is 12.0. The lowest BCUT2D eigenvalue weighted by Gasteiger charge is -2.19. The summed E-state index contributed by atoms with van der Waals surface area (Å²) in [6.45, 7) is 4.13. The van der Waals surface area contributed by atoms with Crippen LogP contribution >= 0.6 is 0 Å². The minimum atomic E-state index is -0.336. The Morgan fingerprint density at radius 2 is 2.05 bits per heavy atom. The van der Waals surface area contributed by atoms with Crippen LogP contribution in [0.4, 0.5) is 0 Å². The molecule has 1 atom stereocenters. The van der Waals surface area contributed by atoms with E-state index in [0.717, 1.165) is 16.6 Å². The predicted molar refractivity (Wildman–Crippen MR) is 75.2 cm³/mol. The summed E-state index contributed by atoms with van der Waals surface area (Å²) in [4.78, 5) is 23.3. The van der Waals surface area contributed by atoms with Crippen molar-refractivity contribution in [2.75, 3.05) is 0 Å². The minimum Gasteiger partial charge on any atom is -0.296 e. The number of carbonyl (C=O) groups is 2. The fraction of sp³-hybridized carbons (Fsp3) is 0.400. The van der Waals surface area contributed by atoms with Gasteiger partial charge in [-0.25, -0.2) is 0 Å². The van der Waals surface area contributed by atoms with Crippen LogP contribution in [0.1, 0.15) is 44.3 Å². The van der Waals surface area contributed by atoms with E-state index in [-0.39, 0.29) is 23.8 Å². The lowest BCUT2D eigenvalue weighted by Crippen LogP contribution is -2.39. The lowest BCUT2D eigenvalue weighted by molar-refractivity contribution is -0.134. The Morgan fingerprint density at radius 1 is 1.30 bits per heavy atom.